The fraction of sp³-hybridized carbons (Fsp3) is 0.409. The van der Waals surface area contributed by atoms with Gasteiger partial charge < -0.3 is 10.1 Å². The van der Waals surface area contributed by atoms with Gasteiger partial charge in [0.25, 0.3) is 5.91 Å². The fourth-order valence-corrected chi connectivity index (χ4v) is 5.14. The van der Waals surface area contributed by atoms with Crippen LogP contribution >= 0.6 is 0 Å². The van der Waals surface area contributed by atoms with Gasteiger partial charge in [-0.15, -0.1) is 0 Å². The van der Waals surface area contributed by atoms with Crippen LogP contribution in [0.3, 0.4) is 0 Å². The van der Waals surface area contributed by atoms with E-state index >= 15 is 0 Å². The molecule has 1 unspecified atom stereocenters. The standard InChI is InChI=1S/C22H28N2O4S/c1-16-8-4-5-9-20(16)28-15-18(3)23-22(25)19-11-10-17(2)21(14-19)29(26,27)24-12-6-7-13-24/h4-5,8-11,14,18H,6-7,12-13,15H2,1-3H3,(H,23,25). The molecule has 0 aromatic heterocycles. The number of carbonyl (C=O) groups is 1. The lowest BCUT2D eigenvalue weighted by atomic mass is 10.1. The van der Waals surface area contributed by atoms with Gasteiger partial charge in [0.15, 0.2) is 0 Å². The molecule has 1 saturated heterocycles. The second kappa shape index (κ2) is 8.97. The Bertz CT molecular complexity index is 982. The van der Waals surface area contributed by atoms with Gasteiger partial charge in [-0.25, -0.2) is 8.42 Å². The van der Waals surface area contributed by atoms with Crippen molar-refractivity contribution in [2.45, 2.75) is 44.6 Å². The molecule has 0 radical (unpaired) electrons. The molecule has 1 atom stereocenters. The lowest BCUT2D eigenvalue weighted by Gasteiger charge is -2.19. The highest BCUT2D eigenvalue weighted by Crippen LogP contribution is 2.24. The summed E-state index contributed by atoms with van der Waals surface area (Å²) < 4.78 is 33.1. The third-order valence-electron chi connectivity index (χ3n) is 5.09. The number of ether oxygens (including phenoxy) is 1. The van der Waals surface area contributed by atoms with Gasteiger partial charge in [0.1, 0.15) is 12.4 Å². The average molecular weight is 417 g/mol. The van der Waals surface area contributed by atoms with Crippen molar-refractivity contribution in [1.82, 2.24) is 9.62 Å². The highest BCUT2D eigenvalue weighted by molar-refractivity contribution is 7.89. The average Bonchev–Trinajstić information content (AvgIpc) is 3.23. The van der Waals surface area contributed by atoms with E-state index in [1.807, 2.05) is 38.1 Å². The third kappa shape index (κ3) is 4.97. The van der Waals surface area contributed by atoms with Crippen molar-refractivity contribution in [3.63, 3.8) is 0 Å². The van der Waals surface area contributed by atoms with Gasteiger partial charge in [0, 0.05) is 18.7 Å². The molecular formula is C22H28N2O4S. The normalized spacial score (nSPS) is 15.8. The van der Waals surface area contributed by atoms with E-state index in [1.54, 1.807) is 19.1 Å². The quantitative estimate of drug-likeness (QED) is 0.752. The topological polar surface area (TPSA) is 75.7 Å². The SMILES string of the molecule is Cc1ccccc1OCC(C)NC(=O)c1ccc(C)c(S(=O)(=O)N2CCCC2)c1. The van der Waals surface area contributed by atoms with Crippen LogP contribution in [0.1, 0.15) is 41.3 Å². The molecule has 29 heavy (non-hydrogen) atoms. The minimum absolute atomic E-state index is 0.205. The van der Waals surface area contributed by atoms with Gasteiger partial charge in [0.2, 0.25) is 10.0 Å². The largest absolute Gasteiger partial charge is 0.491 e. The maximum atomic E-state index is 12.9. The number of hydrogen-bond donors (Lipinski definition) is 1. The number of rotatable bonds is 7. The highest BCUT2D eigenvalue weighted by Gasteiger charge is 2.29. The van der Waals surface area contributed by atoms with Gasteiger partial charge in [-0.3, -0.25) is 4.79 Å². The van der Waals surface area contributed by atoms with Gasteiger partial charge in [0.05, 0.1) is 10.9 Å². The Labute approximate surface area is 172 Å². The third-order valence-corrected chi connectivity index (χ3v) is 7.13. The Morgan fingerprint density at radius 2 is 1.79 bits per heavy atom. The minimum atomic E-state index is -3.58. The summed E-state index contributed by atoms with van der Waals surface area (Å²) in [7, 11) is -3.58. The van der Waals surface area contributed by atoms with Crippen molar-refractivity contribution in [1.29, 1.82) is 0 Å². The molecule has 156 valence electrons. The van der Waals surface area contributed by atoms with Crippen molar-refractivity contribution in [2.24, 2.45) is 0 Å². The number of amides is 1. The molecule has 0 saturated carbocycles. The van der Waals surface area contributed by atoms with E-state index < -0.39 is 10.0 Å². The van der Waals surface area contributed by atoms with Crippen LogP contribution in [0.4, 0.5) is 0 Å². The number of carbonyl (C=O) groups excluding carboxylic acids is 1. The second-order valence-electron chi connectivity index (χ2n) is 7.54. The minimum Gasteiger partial charge on any atom is -0.491 e. The number of benzene rings is 2. The molecule has 3 rings (SSSR count). The zero-order chi connectivity index (χ0) is 21.0. The molecule has 7 heteroatoms. The van der Waals surface area contributed by atoms with E-state index in [0.717, 1.165) is 24.2 Å². The van der Waals surface area contributed by atoms with Gasteiger partial charge >= 0.3 is 0 Å². The molecule has 2 aromatic rings. The molecule has 0 bridgehead atoms. The summed E-state index contributed by atoms with van der Waals surface area (Å²) in [6.45, 7) is 6.96. The number of sulfonamides is 1. The molecule has 0 aliphatic carbocycles. The lowest BCUT2D eigenvalue weighted by molar-refractivity contribution is 0.0926. The zero-order valence-electron chi connectivity index (χ0n) is 17.1. The number of para-hydroxylation sites is 1. The summed E-state index contributed by atoms with van der Waals surface area (Å²) in [4.78, 5) is 12.9. The maximum Gasteiger partial charge on any atom is 0.251 e. The van der Waals surface area contributed by atoms with Crippen molar-refractivity contribution in [2.75, 3.05) is 19.7 Å². The van der Waals surface area contributed by atoms with E-state index in [-0.39, 0.29) is 16.8 Å². The smallest absolute Gasteiger partial charge is 0.251 e. The van der Waals surface area contributed by atoms with Gasteiger partial charge in [-0.2, -0.15) is 4.31 Å². The Balaban J connectivity index is 1.68. The molecule has 1 heterocycles. The van der Waals surface area contributed by atoms with Crippen LogP contribution in [0, 0.1) is 13.8 Å². The first-order chi connectivity index (χ1) is 13.8. The van der Waals surface area contributed by atoms with Crippen LogP contribution in [0.15, 0.2) is 47.4 Å². The predicted octanol–water partition coefficient (Wildman–Crippen LogP) is 3.29. The number of aryl methyl sites for hydroxylation is 2. The van der Waals surface area contributed by atoms with Crippen molar-refractivity contribution in [3.05, 3.63) is 59.2 Å². The summed E-state index contributed by atoms with van der Waals surface area (Å²) in [5.41, 5.74) is 2.00. The van der Waals surface area contributed by atoms with E-state index in [1.165, 1.54) is 10.4 Å². The number of hydrogen-bond acceptors (Lipinski definition) is 4. The maximum absolute atomic E-state index is 12.9. The van der Waals surface area contributed by atoms with E-state index in [9.17, 15) is 13.2 Å². The van der Waals surface area contributed by atoms with Gasteiger partial charge in [-0.1, -0.05) is 24.3 Å². The summed E-state index contributed by atoms with van der Waals surface area (Å²) in [6.07, 6.45) is 1.74. The lowest BCUT2D eigenvalue weighted by Crippen LogP contribution is -2.37. The summed E-state index contributed by atoms with van der Waals surface area (Å²) in [5, 5.41) is 2.88. The van der Waals surface area contributed by atoms with Crippen LogP contribution in [0.25, 0.3) is 0 Å². The predicted molar refractivity (Wildman–Crippen MR) is 113 cm³/mol. The van der Waals surface area contributed by atoms with Crippen LogP contribution in [-0.2, 0) is 10.0 Å². The molecular weight excluding hydrogens is 388 g/mol. The van der Waals surface area contributed by atoms with Crippen molar-refractivity contribution >= 4 is 15.9 Å². The summed E-state index contributed by atoms with van der Waals surface area (Å²) in [5.74, 6) is 0.465. The molecule has 6 nitrogen and oxygen atoms in total. The van der Waals surface area contributed by atoms with Gasteiger partial charge in [-0.05, 0) is 62.9 Å². The molecule has 1 aliphatic rings. The first kappa shape index (κ1) is 21.3. The van der Waals surface area contributed by atoms with Crippen LogP contribution in [0.5, 0.6) is 5.75 Å². The summed E-state index contributed by atoms with van der Waals surface area (Å²) >= 11 is 0. The van der Waals surface area contributed by atoms with Crippen LogP contribution < -0.4 is 10.1 Å². The Morgan fingerprint density at radius 3 is 2.48 bits per heavy atom. The van der Waals surface area contributed by atoms with Crippen LogP contribution in [-0.4, -0.2) is 44.4 Å². The summed E-state index contributed by atoms with van der Waals surface area (Å²) in [6, 6.07) is 12.3. The Kier molecular flexibility index (Phi) is 6.59. The molecule has 1 amide bonds. The molecule has 1 N–H and O–H groups in total. The Morgan fingerprint density at radius 1 is 1.10 bits per heavy atom. The van der Waals surface area contributed by atoms with E-state index in [4.69, 9.17) is 4.74 Å². The monoisotopic (exact) mass is 416 g/mol. The Hall–Kier alpha value is -2.38. The number of nitrogens with one attached hydrogen (secondary N) is 1. The molecule has 1 fully saturated rings. The van der Waals surface area contributed by atoms with E-state index in [2.05, 4.69) is 5.32 Å². The molecule has 2 aromatic carbocycles. The van der Waals surface area contributed by atoms with Crippen LogP contribution in [0.2, 0.25) is 0 Å². The molecule has 0 spiro atoms. The van der Waals surface area contributed by atoms with Crippen molar-refractivity contribution in [3.8, 4) is 5.75 Å². The first-order valence-corrected chi connectivity index (χ1v) is 11.3. The first-order valence-electron chi connectivity index (χ1n) is 9.89. The molecule has 1 aliphatic heterocycles. The van der Waals surface area contributed by atoms with E-state index in [0.29, 0.717) is 30.8 Å². The van der Waals surface area contributed by atoms with Crippen molar-refractivity contribution < 1.29 is 17.9 Å². The fourth-order valence-electron chi connectivity index (χ4n) is 3.37. The number of nitrogens with zero attached hydrogens (tertiary/aromatic N) is 1. The zero-order valence-corrected chi connectivity index (χ0v) is 18.0. The second-order valence-corrected chi connectivity index (χ2v) is 9.45. The highest BCUT2D eigenvalue weighted by atomic mass is 32.2.